The molecule has 0 aliphatic carbocycles. The van der Waals surface area contributed by atoms with Crippen molar-refractivity contribution >= 4 is 30.8 Å². The van der Waals surface area contributed by atoms with Gasteiger partial charge >= 0.3 is 7.82 Å². The van der Waals surface area contributed by atoms with Crippen LogP contribution in [0.4, 0.5) is 17.1 Å². The standard InChI is InChI=1S/C25H37N4O5P.C15H27N/c1-25(2,3)34-35(31,32)33-19-9-7-6-8-18-26-24(30)20-10-12-21(13-11-20)27-28-22-14-16-23(17-15-22)29(4)5;1-7-10-13(3)14(8-2)11-9-12-16-15(4,5)6/h10-17H,6-9,18-19H2,1-5H3,(H,26,30)(H,31,32);7-8,10,16H,1,9,11-12H2,2-6H3/b;13-10+,14-8-. The maximum atomic E-state index is 12.3. The molecule has 2 aromatic carbocycles. The SMILES string of the molecule is C=C/C=C(C)/C(=C\C)CCCNC(C)(C)C.CN(C)c1ccc(N=Nc2ccc(C(=O)NCCCCCCOP(=O)(O)OC(C)(C)C)cc2)cc1. The van der Waals surface area contributed by atoms with E-state index in [-0.39, 0.29) is 18.1 Å². The fraction of sp³-hybridized carbons (Fsp3) is 0.525. The second kappa shape index (κ2) is 23.2. The van der Waals surface area contributed by atoms with Crippen molar-refractivity contribution in [1.82, 2.24) is 10.6 Å². The Morgan fingerprint density at radius 2 is 1.47 bits per heavy atom. The van der Waals surface area contributed by atoms with Crippen LogP contribution in [0.3, 0.4) is 0 Å². The van der Waals surface area contributed by atoms with Gasteiger partial charge in [0.2, 0.25) is 0 Å². The second-order valence-corrected chi connectivity index (χ2v) is 15.9. The Morgan fingerprint density at radius 3 is 1.98 bits per heavy atom. The molecule has 0 aromatic heterocycles. The Bertz CT molecular complexity index is 1450. The maximum Gasteiger partial charge on any atom is 0.472 e. The molecule has 1 amide bonds. The van der Waals surface area contributed by atoms with Gasteiger partial charge in [0.25, 0.3) is 5.91 Å². The number of amides is 1. The first-order chi connectivity index (χ1) is 23.9. The maximum absolute atomic E-state index is 12.3. The number of azo groups is 1. The molecule has 10 nitrogen and oxygen atoms in total. The van der Waals surface area contributed by atoms with Crippen molar-refractivity contribution in [1.29, 1.82) is 0 Å². The number of allylic oxidation sites excluding steroid dienone is 5. The summed E-state index contributed by atoms with van der Waals surface area (Å²) in [5.74, 6) is -0.142. The average molecular weight is 726 g/mol. The Balaban J connectivity index is 0.000000683. The zero-order valence-corrected chi connectivity index (χ0v) is 33.7. The van der Waals surface area contributed by atoms with E-state index in [2.05, 4.69) is 74.2 Å². The summed E-state index contributed by atoms with van der Waals surface area (Å²) in [6, 6.07) is 14.7. The van der Waals surface area contributed by atoms with Crippen molar-refractivity contribution in [2.24, 2.45) is 10.2 Å². The number of carbonyl (C=O) groups excluding carboxylic acids is 1. The molecule has 2 rings (SSSR count). The predicted molar refractivity (Wildman–Crippen MR) is 214 cm³/mol. The van der Waals surface area contributed by atoms with E-state index in [1.54, 1.807) is 45.0 Å². The number of carbonyl (C=O) groups is 1. The lowest BCUT2D eigenvalue weighted by Gasteiger charge is -2.22. The number of unbranched alkanes of at least 4 members (excludes halogenated alkanes) is 3. The highest BCUT2D eigenvalue weighted by Gasteiger charge is 2.28. The van der Waals surface area contributed by atoms with E-state index in [9.17, 15) is 14.3 Å². The van der Waals surface area contributed by atoms with Crippen LogP contribution < -0.4 is 15.5 Å². The van der Waals surface area contributed by atoms with Crippen LogP contribution in [0.2, 0.25) is 0 Å². The summed E-state index contributed by atoms with van der Waals surface area (Å²) in [5.41, 5.74) is 5.31. The lowest BCUT2D eigenvalue weighted by molar-refractivity contribution is 0.0610. The number of phosphoric acid groups is 1. The van der Waals surface area contributed by atoms with Crippen LogP contribution in [0.15, 0.2) is 94.7 Å². The third kappa shape index (κ3) is 22.2. The van der Waals surface area contributed by atoms with Crippen molar-refractivity contribution in [2.45, 2.75) is 105 Å². The molecule has 0 radical (unpaired) electrons. The molecule has 0 aliphatic heterocycles. The molecule has 0 bridgehead atoms. The van der Waals surface area contributed by atoms with Gasteiger partial charge in [-0.2, -0.15) is 10.2 Å². The molecule has 1 unspecified atom stereocenters. The lowest BCUT2D eigenvalue weighted by atomic mass is 10.0. The molecule has 0 saturated carbocycles. The van der Waals surface area contributed by atoms with Gasteiger partial charge in [-0.15, -0.1) is 0 Å². The Morgan fingerprint density at radius 1 is 0.902 bits per heavy atom. The summed E-state index contributed by atoms with van der Waals surface area (Å²) in [5, 5.41) is 14.9. The molecule has 1 atom stereocenters. The number of rotatable bonds is 19. The summed E-state index contributed by atoms with van der Waals surface area (Å²) < 4.78 is 21.8. The molecule has 0 spiro atoms. The van der Waals surface area contributed by atoms with Crippen LogP contribution in [0.1, 0.15) is 104 Å². The normalized spacial score (nSPS) is 13.7. The van der Waals surface area contributed by atoms with E-state index in [0.717, 1.165) is 43.6 Å². The first kappa shape index (κ1) is 45.6. The Kier molecular flexibility index (Phi) is 20.8. The minimum atomic E-state index is -4.02. The summed E-state index contributed by atoms with van der Waals surface area (Å²) >= 11 is 0. The average Bonchev–Trinajstić information content (AvgIpc) is 3.04. The van der Waals surface area contributed by atoms with Crippen LogP contribution >= 0.6 is 7.82 Å². The summed E-state index contributed by atoms with van der Waals surface area (Å²) in [6.45, 7) is 21.4. The van der Waals surface area contributed by atoms with Crippen molar-refractivity contribution in [3.8, 4) is 0 Å². The lowest BCUT2D eigenvalue weighted by Crippen LogP contribution is -2.36. The minimum absolute atomic E-state index is 0.142. The first-order valence-electron chi connectivity index (χ1n) is 17.8. The van der Waals surface area contributed by atoms with E-state index < -0.39 is 13.4 Å². The minimum Gasteiger partial charge on any atom is -0.378 e. The summed E-state index contributed by atoms with van der Waals surface area (Å²) in [7, 11) is -0.0605. The van der Waals surface area contributed by atoms with Crippen LogP contribution in [0.25, 0.3) is 0 Å². The molecule has 0 heterocycles. The van der Waals surface area contributed by atoms with Crippen molar-refractivity contribution in [2.75, 3.05) is 38.7 Å². The molecular weight excluding hydrogens is 661 g/mol. The molecule has 284 valence electrons. The van der Waals surface area contributed by atoms with Gasteiger partial charge in [0.05, 0.1) is 23.6 Å². The highest BCUT2D eigenvalue weighted by molar-refractivity contribution is 7.47. The van der Waals surface area contributed by atoms with Crippen molar-refractivity contribution in [3.05, 3.63) is 90.0 Å². The molecular formula is C40H64N5O5P. The fourth-order valence-electron chi connectivity index (χ4n) is 4.64. The van der Waals surface area contributed by atoms with Gasteiger partial charge in [0.1, 0.15) is 0 Å². The predicted octanol–water partition coefficient (Wildman–Crippen LogP) is 10.6. The zero-order valence-electron chi connectivity index (χ0n) is 32.8. The third-order valence-electron chi connectivity index (χ3n) is 7.28. The van der Waals surface area contributed by atoms with E-state index in [1.165, 1.54) is 17.6 Å². The summed E-state index contributed by atoms with van der Waals surface area (Å²) in [4.78, 5) is 24.0. The van der Waals surface area contributed by atoms with Crippen LogP contribution in [-0.4, -0.2) is 55.7 Å². The monoisotopic (exact) mass is 725 g/mol. The Labute approximate surface area is 308 Å². The first-order valence-corrected chi connectivity index (χ1v) is 19.3. The van der Waals surface area contributed by atoms with E-state index in [1.807, 2.05) is 49.3 Å². The van der Waals surface area contributed by atoms with Crippen LogP contribution in [0.5, 0.6) is 0 Å². The van der Waals surface area contributed by atoms with Gasteiger partial charge in [-0.3, -0.25) is 13.8 Å². The molecule has 0 fully saturated rings. The van der Waals surface area contributed by atoms with Crippen molar-refractivity contribution < 1.29 is 23.3 Å². The second-order valence-electron chi connectivity index (χ2n) is 14.5. The number of hydrogen-bond acceptors (Lipinski definition) is 8. The molecule has 51 heavy (non-hydrogen) atoms. The molecule has 2 aromatic rings. The number of benzene rings is 2. The van der Waals surface area contributed by atoms with Crippen LogP contribution in [-0.2, 0) is 13.6 Å². The molecule has 0 aliphatic rings. The fourth-order valence-corrected chi connectivity index (χ4v) is 5.75. The number of nitrogens with one attached hydrogen (secondary N) is 2. The topological polar surface area (TPSA) is 125 Å². The van der Waals surface area contributed by atoms with Gasteiger partial charge < -0.3 is 20.4 Å². The van der Waals surface area contributed by atoms with E-state index in [0.29, 0.717) is 24.2 Å². The molecule has 0 saturated heterocycles. The number of nitrogens with zero attached hydrogens (tertiary/aromatic N) is 3. The number of hydrogen-bond donors (Lipinski definition) is 3. The van der Waals surface area contributed by atoms with E-state index >= 15 is 0 Å². The third-order valence-corrected chi connectivity index (χ3v) is 8.57. The molecule has 11 heteroatoms. The van der Waals surface area contributed by atoms with Gasteiger partial charge in [-0.1, -0.05) is 37.6 Å². The van der Waals surface area contributed by atoms with E-state index in [4.69, 9.17) is 9.05 Å². The Hall–Kier alpha value is -3.40. The van der Waals surface area contributed by atoms with Crippen molar-refractivity contribution in [3.63, 3.8) is 0 Å². The highest BCUT2D eigenvalue weighted by atomic mass is 31.2. The van der Waals surface area contributed by atoms with Gasteiger partial charge in [0.15, 0.2) is 0 Å². The van der Waals surface area contributed by atoms with Crippen LogP contribution in [0, 0.1) is 0 Å². The van der Waals surface area contributed by atoms with Gasteiger partial charge in [-0.05, 0) is 147 Å². The number of anilines is 1. The van der Waals surface area contributed by atoms with Gasteiger partial charge in [0, 0.05) is 37.4 Å². The summed E-state index contributed by atoms with van der Waals surface area (Å²) in [6.07, 6.45) is 11.6. The smallest absolute Gasteiger partial charge is 0.378 e. The van der Waals surface area contributed by atoms with Gasteiger partial charge in [-0.25, -0.2) is 4.57 Å². The molecule has 3 N–H and O–H groups in total. The quantitative estimate of drug-likeness (QED) is 0.0570. The number of phosphoric ester groups is 1. The highest BCUT2D eigenvalue weighted by Crippen LogP contribution is 2.47. The largest absolute Gasteiger partial charge is 0.472 e. The zero-order chi connectivity index (χ0) is 38.5.